The second kappa shape index (κ2) is 13.8. The lowest BCUT2D eigenvalue weighted by atomic mass is 9.99. The molecule has 1 N–H and O–H groups in total. The van der Waals surface area contributed by atoms with Crippen LogP contribution in [0.2, 0.25) is 0 Å². The first-order valence-electron chi connectivity index (χ1n) is 13.5. The summed E-state index contributed by atoms with van der Waals surface area (Å²) >= 11 is 2.83. The summed E-state index contributed by atoms with van der Waals surface area (Å²) in [5, 5.41) is 20.1. The molecule has 44 heavy (non-hydrogen) atoms. The van der Waals surface area contributed by atoms with Gasteiger partial charge in [-0.05, 0) is 29.6 Å². The molecule has 0 fully saturated rings. The summed E-state index contributed by atoms with van der Waals surface area (Å²) in [5.41, 5.74) is 2.03. The lowest BCUT2D eigenvalue weighted by Crippen LogP contribution is -2.29. The summed E-state index contributed by atoms with van der Waals surface area (Å²) < 4.78 is 23.5. The van der Waals surface area contributed by atoms with E-state index < -0.39 is 0 Å². The van der Waals surface area contributed by atoms with Crippen LogP contribution in [0.3, 0.4) is 0 Å². The fourth-order valence-corrected chi connectivity index (χ4v) is 6.27. The number of para-hydroxylation sites is 1. The van der Waals surface area contributed by atoms with Crippen molar-refractivity contribution < 1.29 is 28.5 Å². The summed E-state index contributed by atoms with van der Waals surface area (Å²) in [6.07, 6.45) is 0.535. The lowest BCUT2D eigenvalue weighted by molar-refractivity contribution is -0.130. The van der Waals surface area contributed by atoms with Gasteiger partial charge in [-0.15, -0.1) is 21.5 Å². The van der Waals surface area contributed by atoms with Crippen LogP contribution in [0.25, 0.3) is 0 Å². The second-order valence-electron chi connectivity index (χ2n) is 9.60. The molecule has 0 spiro atoms. The SMILES string of the molecule is COc1cc(OC)cc(C(=O)NCc2nnc(SCC(=O)N3N=C(c4cccs4)C[C@H]3c3cccc(OC)c3OC)n2C)c1. The van der Waals surface area contributed by atoms with Gasteiger partial charge in [0, 0.05) is 30.7 Å². The van der Waals surface area contributed by atoms with E-state index in [2.05, 4.69) is 15.5 Å². The van der Waals surface area contributed by atoms with Gasteiger partial charge in [0.2, 0.25) is 0 Å². The fourth-order valence-electron chi connectivity index (χ4n) is 4.77. The molecule has 3 heterocycles. The van der Waals surface area contributed by atoms with Gasteiger partial charge in [0.05, 0.1) is 57.4 Å². The minimum atomic E-state index is -0.370. The van der Waals surface area contributed by atoms with E-state index in [1.54, 1.807) is 55.4 Å². The van der Waals surface area contributed by atoms with E-state index in [1.807, 2.05) is 35.7 Å². The number of thioether (sulfide) groups is 1. The maximum absolute atomic E-state index is 13.7. The second-order valence-corrected chi connectivity index (χ2v) is 11.5. The van der Waals surface area contributed by atoms with Gasteiger partial charge in [-0.25, -0.2) is 5.01 Å². The van der Waals surface area contributed by atoms with E-state index in [0.717, 1.165) is 16.2 Å². The molecular weight excluding hydrogens is 605 g/mol. The Hall–Kier alpha value is -4.56. The molecule has 5 rings (SSSR count). The maximum atomic E-state index is 13.7. The number of ether oxygens (including phenoxy) is 4. The van der Waals surface area contributed by atoms with Gasteiger partial charge in [-0.1, -0.05) is 30.0 Å². The van der Waals surface area contributed by atoms with E-state index in [0.29, 0.717) is 46.0 Å². The number of hydrogen-bond acceptors (Lipinski definition) is 11. The molecule has 2 aromatic carbocycles. The van der Waals surface area contributed by atoms with E-state index in [4.69, 9.17) is 24.0 Å². The Kier molecular flexibility index (Phi) is 9.70. The van der Waals surface area contributed by atoms with Crippen molar-refractivity contribution in [2.24, 2.45) is 12.1 Å². The van der Waals surface area contributed by atoms with Crippen LogP contribution in [-0.4, -0.2) is 71.5 Å². The van der Waals surface area contributed by atoms with Crippen molar-refractivity contribution in [3.63, 3.8) is 0 Å². The molecule has 0 saturated carbocycles. The number of nitrogens with one attached hydrogen (secondary N) is 1. The van der Waals surface area contributed by atoms with Crippen LogP contribution in [-0.2, 0) is 18.4 Å². The number of rotatable bonds is 12. The predicted octanol–water partition coefficient (Wildman–Crippen LogP) is 4.31. The highest BCUT2D eigenvalue weighted by Crippen LogP contribution is 2.42. The van der Waals surface area contributed by atoms with E-state index >= 15 is 0 Å². The number of hydrazone groups is 1. The number of methoxy groups -OCH3 is 4. The molecule has 14 heteroatoms. The standard InChI is InChI=1S/C30H32N6O6S2/c1-35-26(16-31-29(38)18-12-19(39-2)14-20(13-18)40-3)32-33-30(35)44-17-27(37)36-23(15-22(34-36)25-10-7-11-43-25)21-8-6-9-24(41-4)28(21)42-5/h6-14,23H,15-17H2,1-5H3,(H,31,38)/t23-/m0/s1. The molecule has 1 atom stereocenters. The van der Waals surface area contributed by atoms with Gasteiger partial charge in [0.1, 0.15) is 11.5 Å². The summed E-state index contributed by atoms with van der Waals surface area (Å²) in [4.78, 5) is 27.5. The zero-order chi connectivity index (χ0) is 31.2. The van der Waals surface area contributed by atoms with Crippen LogP contribution in [0.15, 0.2) is 64.2 Å². The lowest BCUT2D eigenvalue weighted by Gasteiger charge is -2.24. The van der Waals surface area contributed by atoms with E-state index in [9.17, 15) is 9.59 Å². The van der Waals surface area contributed by atoms with Crippen LogP contribution in [0.5, 0.6) is 23.0 Å². The fraction of sp³-hybridized carbons (Fsp3) is 0.300. The first kappa shape index (κ1) is 30.9. The Labute approximate surface area is 263 Å². The molecule has 0 bridgehead atoms. The molecule has 0 radical (unpaired) electrons. The van der Waals surface area contributed by atoms with Crippen LogP contribution in [0, 0.1) is 0 Å². The third-order valence-electron chi connectivity index (χ3n) is 7.03. The van der Waals surface area contributed by atoms with Crippen molar-refractivity contribution in [3.05, 3.63) is 75.7 Å². The highest BCUT2D eigenvalue weighted by molar-refractivity contribution is 7.99. The molecule has 1 aliphatic heterocycles. The summed E-state index contributed by atoms with van der Waals surface area (Å²) in [5.74, 6) is 2.26. The van der Waals surface area contributed by atoms with Crippen molar-refractivity contribution in [1.82, 2.24) is 25.1 Å². The molecule has 12 nitrogen and oxygen atoms in total. The van der Waals surface area contributed by atoms with E-state index in [-0.39, 0.29) is 30.2 Å². The van der Waals surface area contributed by atoms with Gasteiger partial charge < -0.3 is 28.8 Å². The Morgan fingerprint density at radius 2 is 1.77 bits per heavy atom. The number of hydrogen-bond donors (Lipinski definition) is 1. The van der Waals surface area contributed by atoms with Crippen molar-refractivity contribution in [2.45, 2.75) is 24.2 Å². The minimum absolute atomic E-state index is 0.0753. The molecule has 1 aliphatic rings. The average Bonchev–Trinajstić information content (AvgIpc) is 3.82. The third-order valence-corrected chi connectivity index (χ3v) is 8.96. The molecule has 0 aliphatic carbocycles. The molecule has 2 amide bonds. The van der Waals surface area contributed by atoms with Crippen LogP contribution in [0.1, 0.15) is 39.1 Å². The molecule has 4 aromatic rings. The Bertz CT molecular complexity index is 1650. The van der Waals surface area contributed by atoms with Crippen molar-refractivity contribution in [3.8, 4) is 23.0 Å². The molecule has 0 saturated heterocycles. The number of benzene rings is 2. The quantitative estimate of drug-likeness (QED) is 0.226. The summed E-state index contributed by atoms with van der Waals surface area (Å²) in [6.45, 7) is 0.134. The van der Waals surface area contributed by atoms with Crippen LogP contribution < -0.4 is 24.3 Å². The first-order valence-corrected chi connectivity index (χ1v) is 15.4. The van der Waals surface area contributed by atoms with Crippen molar-refractivity contribution in [1.29, 1.82) is 0 Å². The van der Waals surface area contributed by atoms with Gasteiger partial charge >= 0.3 is 0 Å². The zero-order valence-corrected chi connectivity index (χ0v) is 26.5. The normalized spacial score (nSPS) is 14.2. The number of thiophene rings is 1. The predicted molar refractivity (Wildman–Crippen MR) is 167 cm³/mol. The number of nitrogens with zero attached hydrogens (tertiary/aromatic N) is 5. The largest absolute Gasteiger partial charge is 0.497 e. The Morgan fingerprint density at radius 3 is 2.43 bits per heavy atom. The highest BCUT2D eigenvalue weighted by Gasteiger charge is 2.36. The van der Waals surface area contributed by atoms with Crippen molar-refractivity contribution in [2.75, 3.05) is 34.2 Å². The van der Waals surface area contributed by atoms with Crippen LogP contribution >= 0.6 is 23.1 Å². The van der Waals surface area contributed by atoms with Gasteiger partial charge in [-0.3, -0.25) is 9.59 Å². The summed E-state index contributed by atoms with van der Waals surface area (Å²) in [6, 6.07) is 14.2. The average molecular weight is 637 g/mol. The zero-order valence-electron chi connectivity index (χ0n) is 24.9. The Balaban J connectivity index is 1.28. The molecule has 0 unspecified atom stereocenters. The van der Waals surface area contributed by atoms with Gasteiger partial charge in [0.15, 0.2) is 22.5 Å². The topological polar surface area (TPSA) is 129 Å². The highest BCUT2D eigenvalue weighted by atomic mass is 32.2. The number of aromatic nitrogens is 3. The van der Waals surface area contributed by atoms with E-state index in [1.165, 1.54) is 31.0 Å². The van der Waals surface area contributed by atoms with Gasteiger partial charge in [0.25, 0.3) is 11.8 Å². The number of carbonyl (C=O) groups excluding carboxylic acids is 2. The maximum Gasteiger partial charge on any atom is 0.253 e. The number of carbonyl (C=O) groups is 2. The monoisotopic (exact) mass is 636 g/mol. The third kappa shape index (κ3) is 6.50. The summed E-state index contributed by atoms with van der Waals surface area (Å²) in [7, 11) is 8.00. The smallest absolute Gasteiger partial charge is 0.253 e. The first-order chi connectivity index (χ1) is 21.4. The van der Waals surface area contributed by atoms with Crippen molar-refractivity contribution >= 4 is 40.6 Å². The van der Waals surface area contributed by atoms with Crippen LogP contribution in [0.4, 0.5) is 0 Å². The Morgan fingerprint density at radius 1 is 1.00 bits per heavy atom. The molecule has 2 aromatic heterocycles. The van der Waals surface area contributed by atoms with Gasteiger partial charge in [-0.2, -0.15) is 5.10 Å². The minimum Gasteiger partial charge on any atom is -0.497 e. The number of amides is 2. The molecular formula is C30H32N6O6S2. The molecule has 230 valence electrons.